The highest BCUT2D eigenvalue weighted by Gasteiger charge is 2.37. The fourth-order valence-electron chi connectivity index (χ4n) is 3.96. The number of thioether (sulfide) groups is 1. The van der Waals surface area contributed by atoms with E-state index in [0.717, 1.165) is 5.56 Å². The molecule has 1 N–H and O–H groups in total. The number of methoxy groups -OCH3 is 2. The van der Waals surface area contributed by atoms with Gasteiger partial charge in [0.25, 0.3) is 5.91 Å². The van der Waals surface area contributed by atoms with Gasteiger partial charge in [0.1, 0.15) is 16.9 Å². The van der Waals surface area contributed by atoms with Gasteiger partial charge in [-0.3, -0.25) is 14.5 Å². The summed E-state index contributed by atoms with van der Waals surface area (Å²) in [5.41, 5.74) is 2.52. The Hall–Kier alpha value is -3.85. The number of anilines is 2. The van der Waals surface area contributed by atoms with E-state index in [1.165, 1.54) is 11.8 Å². The van der Waals surface area contributed by atoms with Crippen LogP contribution in [0.2, 0.25) is 0 Å². The maximum atomic E-state index is 13.0. The summed E-state index contributed by atoms with van der Waals surface area (Å²) >= 11 is 1.49. The summed E-state index contributed by atoms with van der Waals surface area (Å²) in [7, 11) is 3.13. The normalized spacial score (nSPS) is 16.5. The molecule has 0 spiro atoms. The Balaban J connectivity index is 1.46. The van der Waals surface area contributed by atoms with Gasteiger partial charge in [0.2, 0.25) is 12.7 Å². The Kier molecular flexibility index (Phi) is 5.93. The second kappa shape index (κ2) is 9.18. The fourth-order valence-corrected chi connectivity index (χ4v) is 5.16. The topological polar surface area (TPSA) is 86.3 Å². The lowest BCUT2D eigenvalue weighted by molar-refractivity contribution is -0.115. The summed E-state index contributed by atoms with van der Waals surface area (Å²) in [5.74, 6) is 2.29. The first-order valence-corrected chi connectivity index (χ1v) is 11.6. The van der Waals surface area contributed by atoms with Gasteiger partial charge in [0.05, 0.1) is 25.7 Å². The van der Waals surface area contributed by atoms with Crippen molar-refractivity contribution >= 4 is 35.0 Å². The van der Waals surface area contributed by atoms with Gasteiger partial charge in [-0.1, -0.05) is 18.2 Å². The van der Waals surface area contributed by atoms with Crippen molar-refractivity contribution in [3.63, 3.8) is 0 Å². The fraction of sp³-hybridized carbons (Fsp3) is 0.200. The molecular weight excluding hydrogens is 456 g/mol. The van der Waals surface area contributed by atoms with Gasteiger partial charge in [0.15, 0.2) is 11.5 Å². The minimum Gasteiger partial charge on any atom is -0.497 e. The van der Waals surface area contributed by atoms with Crippen molar-refractivity contribution in [2.24, 2.45) is 0 Å². The molecule has 34 heavy (non-hydrogen) atoms. The van der Waals surface area contributed by atoms with Crippen LogP contribution in [0.25, 0.3) is 0 Å². The zero-order valence-corrected chi connectivity index (χ0v) is 19.4. The van der Waals surface area contributed by atoms with E-state index in [4.69, 9.17) is 18.9 Å². The van der Waals surface area contributed by atoms with E-state index in [0.29, 0.717) is 45.7 Å². The van der Waals surface area contributed by atoms with E-state index < -0.39 is 0 Å². The number of hydrogen-bond donors (Lipinski definition) is 1. The summed E-state index contributed by atoms with van der Waals surface area (Å²) in [4.78, 5) is 27.7. The monoisotopic (exact) mass is 478 g/mol. The lowest BCUT2D eigenvalue weighted by Gasteiger charge is -2.27. The molecule has 1 saturated heterocycles. The maximum absolute atomic E-state index is 13.0. The molecule has 2 amide bonds. The average Bonchev–Trinajstić information content (AvgIpc) is 3.49. The Morgan fingerprint density at radius 3 is 2.68 bits per heavy atom. The zero-order chi connectivity index (χ0) is 23.7. The number of carbonyl (C=O) groups is 2. The van der Waals surface area contributed by atoms with E-state index in [-0.39, 0.29) is 24.0 Å². The van der Waals surface area contributed by atoms with E-state index in [9.17, 15) is 9.59 Å². The summed E-state index contributed by atoms with van der Waals surface area (Å²) in [6.45, 7) is 0.140. The Morgan fingerprint density at radius 2 is 1.85 bits per heavy atom. The van der Waals surface area contributed by atoms with E-state index in [2.05, 4.69) is 5.32 Å². The standard InChI is InChI=1S/C25H22N2O6S/c1-30-16-8-9-19(21(12-16)31-2)27-23(28)13-34-25(27)17-5-3-4-6-18(17)26-24(29)15-7-10-20-22(11-15)33-14-32-20/h3-12,25H,13-14H2,1-2H3,(H,26,29). The molecule has 0 saturated carbocycles. The lowest BCUT2D eigenvalue weighted by Crippen LogP contribution is -2.29. The highest BCUT2D eigenvalue weighted by molar-refractivity contribution is 8.00. The molecular formula is C25H22N2O6S. The molecule has 2 heterocycles. The number of ether oxygens (including phenoxy) is 4. The molecule has 1 unspecified atom stereocenters. The number of fused-ring (bicyclic) bond motifs is 1. The number of hydrogen-bond acceptors (Lipinski definition) is 7. The predicted octanol–water partition coefficient (Wildman–Crippen LogP) is 4.46. The van der Waals surface area contributed by atoms with Gasteiger partial charge in [-0.05, 0) is 36.4 Å². The van der Waals surface area contributed by atoms with Gasteiger partial charge < -0.3 is 24.3 Å². The first kappa shape index (κ1) is 22.0. The van der Waals surface area contributed by atoms with Crippen molar-refractivity contribution in [1.82, 2.24) is 0 Å². The highest BCUT2D eigenvalue weighted by atomic mass is 32.2. The van der Waals surface area contributed by atoms with Crippen LogP contribution < -0.4 is 29.2 Å². The number of amides is 2. The van der Waals surface area contributed by atoms with Crippen LogP contribution in [0.5, 0.6) is 23.0 Å². The van der Waals surface area contributed by atoms with Crippen LogP contribution in [0, 0.1) is 0 Å². The van der Waals surface area contributed by atoms with Gasteiger partial charge in [-0.15, -0.1) is 11.8 Å². The van der Waals surface area contributed by atoms with Crippen LogP contribution in [-0.2, 0) is 4.79 Å². The molecule has 2 aliphatic heterocycles. The lowest BCUT2D eigenvalue weighted by atomic mass is 10.1. The molecule has 2 aliphatic rings. The molecule has 5 rings (SSSR count). The second-order valence-corrected chi connectivity index (χ2v) is 8.64. The number of nitrogens with one attached hydrogen (secondary N) is 1. The van der Waals surface area contributed by atoms with Crippen molar-refractivity contribution in [1.29, 1.82) is 0 Å². The summed E-state index contributed by atoms with van der Waals surface area (Å²) < 4.78 is 21.5. The maximum Gasteiger partial charge on any atom is 0.255 e. The van der Waals surface area contributed by atoms with Gasteiger partial charge in [-0.25, -0.2) is 0 Å². The Labute approximate surface area is 200 Å². The molecule has 8 nitrogen and oxygen atoms in total. The first-order chi connectivity index (χ1) is 16.6. The third-order valence-corrected chi connectivity index (χ3v) is 6.82. The Bertz CT molecular complexity index is 1260. The third-order valence-electron chi connectivity index (χ3n) is 5.62. The number of benzene rings is 3. The molecule has 1 fully saturated rings. The second-order valence-electron chi connectivity index (χ2n) is 7.57. The summed E-state index contributed by atoms with van der Waals surface area (Å²) in [6.07, 6.45) is 0. The predicted molar refractivity (Wildman–Crippen MR) is 129 cm³/mol. The van der Waals surface area contributed by atoms with Crippen molar-refractivity contribution in [2.75, 3.05) is 37.0 Å². The van der Waals surface area contributed by atoms with Crippen LogP contribution in [0.15, 0.2) is 60.7 Å². The number of nitrogens with zero attached hydrogens (tertiary/aromatic N) is 1. The van der Waals surface area contributed by atoms with E-state index in [1.807, 2.05) is 30.3 Å². The molecule has 0 radical (unpaired) electrons. The molecule has 0 aliphatic carbocycles. The zero-order valence-electron chi connectivity index (χ0n) is 18.6. The molecule has 3 aromatic rings. The number of carbonyl (C=O) groups excluding carboxylic acids is 2. The number of para-hydroxylation sites is 1. The SMILES string of the molecule is COc1ccc(N2C(=O)CSC2c2ccccc2NC(=O)c2ccc3c(c2)OCO3)c(OC)c1. The molecule has 174 valence electrons. The van der Waals surface area contributed by atoms with Crippen LogP contribution in [0.3, 0.4) is 0 Å². The summed E-state index contributed by atoms with van der Waals surface area (Å²) in [6, 6.07) is 17.9. The molecule has 9 heteroatoms. The molecule has 0 bridgehead atoms. The van der Waals surface area contributed by atoms with E-state index in [1.54, 1.807) is 49.5 Å². The molecule has 0 aromatic heterocycles. The minimum atomic E-state index is -0.344. The van der Waals surface area contributed by atoms with Gasteiger partial charge in [0, 0.05) is 22.9 Å². The van der Waals surface area contributed by atoms with Crippen LogP contribution in [0.1, 0.15) is 21.3 Å². The third kappa shape index (κ3) is 3.99. The van der Waals surface area contributed by atoms with Crippen LogP contribution in [0.4, 0.5) is 11.4 Å². The van der Waals surface area contributed by atoms with Gasteiger partial charge in [-0.2, -0.15) is 0 Å². The molecule has 1 atom stereocenters. The quantitative estimate of drug-likeness (QED) is 0.560. The average molecular weight is 479 g/mol. The van der Waals surface area contributed by atoms with Crippen molar-refractivity contribution in [3.05, 3.63) is 71.8 Å². The van der Waals surface area contributed by atoms with Crippen molar-refractivity contribution < 1.29 is 28.5 Å². The van der Waals surface area contributed by atoms with Crippen molar-refractivity contribution in [3.8, 4) is 23.0 Å². The molecule has 3 aromatic carbocycles. The van der Waals surface area contributed by atoms with Crippen LogP contribution in [-0.4, -0.2) is 38.6 Å². The highest BCUT2D eigenvalue weighted by Crippen LogP contribution is 2.47. The number of rotatable bonds is 6. The minimum absolute atomic E-state index is 0.0460. The Morgan fingerprint density at radius 1 is 1.03 bits per heavy atom. The van der Waals surface area contributed by atoms with Crippen molar-refractivity contribution in [2.45, 2.75) is 5.37 Å². The van der Waals surface area contributed by atoms with E-state index >= 15 is 0 Å². The summed E-state index contributed by atoms with van der Waals surface area (Å²) in [5, 5.41) is 2.65. The smallest absolute Gasteiger partial charge is 0.255 e. The first-order valence-electron chi connectivity index (χ1n) is 10.5. The van der Waals surface area contributed by atoms with Gasteiger partial charge >= 0.3 is 0 Å². The largest absolute Gasteiger partial charge is 0.497 e. The van der Waals surface area contributed by atoms with Crippen LogP contribution >= 0.6 is 11.8 Å².